The highest BCUT2D eigenvalue weighted by molar-refractivity contribution is 6.39. The molecular formula is C24H29N3O2. The van der Waals surface area contributed by atoms with Crippen molar-refractivity contribution in [1.29, 1.82) is 0 Å². The average Bonchev–Trinajstić information content (AvgIpc) is 3.35. The van der Waals surface area contributed by atoms with Crippen LogP contribution in [0.15, 0.2) is 59.8 Å². The Labute approximate surface area is 172 Å². The first-order valence-electron chi connectivity index (χ1n) is 10.4. The lowest BCUT2D eigenvalue weighted by Crippen LogP contribution is -2.37. The highest BCUT2D eigenvalue weighted by atomic mass is 16.7. The minimum Gasteiger partial charge on any atom is -0.387 e. The fourth-order valence-electron chi connectivity index (χ4n) is 4.12. The lowest BCUT2D eigenvalue weighted by atomic mass is 9.96. The molecule has 2 aliphatic heterocycles. The lowest BCUT2D eigenvalue weighted by Gasteiger charge is -2.21. The molecule has 5 nitrogen and oxygen atoms in total. The lowest BCUT2D eigenvalue weighted by molar-refractivity contribution is -0.115. The smallest absolute Gasteiger partial charge is 0.269 e. The number of nitrogens with one attached hydrogen (secondary N) is 1. The largest absolute Gasteiger partial charge is 0.387 e. The fraction of sp³-hybridized carbons (Fsp3) is 0.417. The summed E-state index contributed by atoms with van der Waals surface area (Å²) in [5, 5.41) is 7.17. The maximum atomic E-state index is 12.6. The maximum Gasteiger partial charge on any atom is 0.269 e. The van der Waals surface area contributed by atoms with Gasteiger partial charge in [0.2, 0.25) is 0 Å². The highest BCUT2D eigenvalue weighted by Gasteiger charge is 2.46. The third-order valence-electron chi connectivity index (χ3n) is 5.96. The molecule has 2 aliphatic rings. The number of nitrogens with zero attached hydrogens (tertiary/aromatic N) is 2. The molecule has 4 rings (SSSR count). The standard InChI is InChI=1S/C24H29N3O2/c1-18-8-10-20(11-9-18)16-27-13-12-24(17-27)14-22(26-29-24)23(28)25-15-19(2)21-6-4-3-5-7-21/h3-11,19H,12-17H2,1-2H3,(H,25,28)/t19-,24+/m0/s1. The summed E-state index contributed by atoms with van der Waals surface area (Å²) in [6, 6.07) is 18.9. The van der Waals surface area contributed by atoms with Gasteiger partial charge in [0.25, 0.3) is 5.91 Å². The van der Waals surface area contributed by atoms with Crippen LogP contribution in [0, 0.1) is 6.92 Å². The van der Waals surface area contributed by atoms with E-state index in [0.717, 1.165) is 26.1 Å². The van der Waals surface area contributed by atoms with E-state index < -0.39 is 0 Å². The van der Waals surface area contributed by atoms with Gasteiger partial charge in [0.1, 0.15) is 5.71 Å². The molecule has 1 saturated heterocycles. The predicted molar refractivity (Wildman–Crippen MR) is 115 cm³/mol. The average molecular weight is 392 g/mol. The van der Waals surface area contributed by atoms with Gasteiger partial charge in [0.05, 0.1) is 0 Å². The van der Waals surface area contributed by atoms with Crippen molar-refractivity contribution in [2.45, 2.75) is 44.8 Å². The molecule has 0 radical (unpaired) electrons. The zero-order valence-electron chi connectivity index (χ0n) is 17.2. The summed E-state index contributed by atoms with van der Waals surface area (Å²) in [7, 11) is 0. The topological polar surface area (TPSA) is 53.9 Å². The molecule has 1 fully saturated rings. The van der Waals surface area contributed by atoms with E-state index in [4.69, 9.17) is 4.84 Å². The summed E-state index contributed by atoms with van der Waals surface area (Å²) in [4.78, 5) is 20.8. The van der Waals surface area contributed by atoms with Crippen molar-refractivity contribution in [1.82, 2.24) is 10.2 Å². The van der Waals surface area contributed by atoms with E-state index in [1.165, 1.54) is 16.7 Å². The number of amides is 1. The van der Waals surface area contributed by atoms with Crippen LogP contribution in [0.4, 0.5) is 0 Å². The summed E-state index contributed by atoms with van der Waals surface area (Å²) in [5.41, 5.74) is 3.97. The molecule has 0 unspecified atom stereocenters. The summed E-state index contributed by atoms with van der Waals surface area (Å²) in [6.45, 7) is 7.48. The van der Waals surface area contributed by atoms with Crippen molar-refractivity contribution in [3.8, 4) is 0 Å². The van der Waals surface area contributed by atoms with E-state index in [9.17, 15) is 4.79 Å². The number of carbonyl (C=O) groups is 1. The molecule has 5 heteroatoms. The molecule has 29 heavy (non-hydrogen) atoms. The van der Waals surface area contributed by atoms with Crippen LogP contribution in [0.2, 0.25) is 0 Å². The number of hydrogen-bond donors (Lipinski definition) is 1. The Morgan fingerprint density at radius 3 is 2.72 bits per heavy atom. The molecule has 2 heterocycles. The molecule has 0 saturated carbocycles. The quantitative estimate of drug-likeness (QED) is 0.818. The maximum absolute atomic E-state index is 12.6. The number of rotatable bonds is 6. The monoisotopic (exact) mass is 391 g/mol. The van der Waals surface area contributed by atoms with E-state index in [1.54, 1.807) is 0 Å². The molecule has 1 spiro atoms. The third kappa shape index (κ3) is 4.67. The van der Waals surface area contributed by atoms with Gasteiger partial charge >= 0.3 is 0 Å². The molecule has 0 aliphatic carbocycles. The Bertz CT molecular complexity index is 879. The molecule has 2 atom stereocenters. The number of oxime groups is 1. The van der Waals surface area contributed by atoms with Gasteiger partial charge in [-0.3, -0.25) is 9.69 Å². The van der Waals surface area contributed by atoms with Gasteiger partial charge in [-0.1, -0.05) is 72.2 Å². The minimum atomic E-state index is -0.345. The van der Waals surface area contributed by atoms with Gasteiger partial charge in [-0.2, -0.15) is 0 Å². The molecule has 152 valence electrons. The normalized spacial score (nSPS) is 22.3. The van der Waals surface area contributed by atoms with Crippen LogP contribution in [0.5, 0.6) is 0 Å². The van der Waals surface area contributed by atoms with E-state index in [-0.39, 0.29) is 17.4 Å². The van der Waals surface area contributed by atoms with Crippen LogP contribution in [0.1, 0.15) is 42.4 Å². The van der Waals surface area contributed by atoms with E-state index in [2.05, 4.69) is 65.6 Å². The molecule has 2 aromatic carbocycles. The van der Waals surface area contributed by atoms with Gasteiger partial charge in [0.15, 0.2) is 5.60 Å². The van der Waals surface area contributed by atoms with Crippen LogP contribution in [0.25, 0.3) is 0 Å². The van der Waals surface area contributed by atoms with Crippen molar-refractivity contribution in [3.05, 3.63) is 71.3 Å². The van der Waals surface area contributed by atoms with Gasteiger partial charge in [-0.25, -0.2) is 0 Å². The van der Waals surface area contributed by atoms with Crippen molar-refractivity contribution < 1.29 is 9.63 Å². The molecule has 1 amide bonds. The highest BCUT2D eigenvalue weighted by Crippen LogP contribution is 2.34. The summed E-state index contributed by atoms with van der Waals surface area (Å²) < 4.78 is 0. The van der Waals surface area contributed by atoms with Crippen molar-refractivity contribution in [2.75, 3.05) is 19.6 Å². The number of benzene rings is 2. The minimum absolute atomic E-state index is 0.110. The Morgan fingerprint density at radius 2 is 1.97 bits per heavy atom. The number of likely N-dealkylation sites (tertiary alicyclic amines) is 1. The van der Waals surface area contributed by atoms with Crippen LogP contribution in [-0.2, 0) is 16.2 Å². The van der Waals surface area contributed by atoms with Gasteiger partial charge in [-0.15, -0.1) is 0 Å². The second-order valence-corrected chi connectivity index (χ2v) is 8.46. The number of hydrogen-bond acceptors (Lipinski definition) is 4. The predicted octanol–water partition coefficient (Wildman–Crippen LogP) is 3.64. The van der Waals surface area contributed by atoms with Gasteiger partial charge < -0.3 is 10.2 Å². The second-order valence-electron chi connectivity index (χ2n) is 8.46. The second kappa shape index (κ2) is 8.37. The van der Waals surface area contributed by atoms with Crippen LogP contribution >= 0.6 is 0 Å². The van der Waals surface area contributed by atoms with Gasteiger partial charge in [-0.05, 0) is 24.0 Å². The Kier molecular flexibility index (Phi) is 5.67. The van der Waals surface area contributed by atoms with Crippen LogP contribution < -0.4 is 5.32 Å². The summed E-state index contributed by atoms with van der Waals surface area (Å²) in [5.74, 6) is 0.148. The molecule has 0 aromatic heterocycles. The third-order valence-corrected chi connectivity index (χ3v) is 5.96. The number of carbonyl (C=O) groups excluding carboxylic acids is 1. The first kappa shape index (κ1) is 19.6. The van der Waals surface area contributed by atoms with E-state index >= 15 is 0 Å². The SMILES string of the molecule is Cc1ccc(CN2CC[C@@]3(CC(C(=O)NC[C@H](C)c4ccccc4)=NO3)C2)cc1. The Balaban J connectivity index is 1.27. The van der Waals surface area contributed by atoms with Gasteiger partial charge in [0, 0.05) is 39.0 Å². The van der Waals surface area contributed by atoms with E-state index in [1.807, 2.05) is 18.2 Å². The first-order valence-corrected chi connectivity index (χ1v) is 10.4. The molecule has 2 aromatic rings. The zero-order chi connectivity index (χ0) is 20.3. The molecular weight excluding hydrogens is 362 g/mol. The summed E-state index contributed by atoms with van der Waals surface area (Å²) in [6.07, 6.45) is 1.49. The molecule has 0 bridgehead atoms. The summed E-state index contributed by atoms with van der Waals surface area (Å²) >= 11 is 0. The van der Waals surface area contributed by atoms with Crippen molar-refractivity contribution in [3.63, 3.8) is 0 Å². The first-order chi connectivity index (χ1) is 14.0. The van der Waals surface area contributed by atoms with E-state index in [0.29, 0.717) is 18.7 Å². The number of aryl methyl sites for hydroxylation is 1. The van der Waals surface area contributed by atoms with Crippen LogP contribution in [0.3, 0.4) is 0 Å². The Morgan fingerprint density at radius 1 is 1.21 bits per heavy atom. The molecule has 1 N–H and O–H groups in total. The van der Waals surface area contributed by atoms with Crippen LogP contribution in [-0.4, -0.2) is 41.8 Å². The zero-order valence-corrected chi connectivity index (χ0v) is 17.2. The van der Waals surface area contributed by atoms with Crippen molar-refractivity contribution >= 4 is 11.6 Å². The Hall–Kier alpha value is -2.66. The fourth-order valence-corrected chi connectivity index (χ4v) is 4.12. The van der Waals surface area contributed by atoms with Crippen molar-refractivity contribution in [2.24, 2.45) is 5.16 Å².